The van der Waals surface area contributed by atoms with Gasteiger partial charge in [-0.15, -0.1) is 11.8 Å². The van der Waals surface area contributed by atoms with Crippen molar-refractivity contribution in [3.63, 3.8) is 0 Å². The molecule has 16 heavy (non-hydrogen) atoms. The van der Waals surface area contributed by atoms with Gasteiger partial charge in [-0.2, -0.15) is 0 Å². The number of hydrogen-bond acceptors (Lipinski definition) is 4. The maximum absolute atomic E-state index is 5.91. The number of nitrogens with zero attached hydrogens (tertiary/aromatic N) is 1. The summed E-state index contributed by atoms with van der Waals surface area (Å²) in [4.78, 5) is 3.97. The monoisotopic (exact) mass is 242 g/mol. The molecule has 1 N–H and O–H groups in total. The number of rotatable bonds is 3. The molecule has 0 aromatic rings. The minimum Gasteiger partial charge on any atom is -0.371 e. The van der Waals surface area contributed by atoms with Gasteiger partial charge in [-0.05, 0) is 19.6 Å². The van der Waals surface area contributed by atoms with Crippen LogP contribution in [0.25, 0.3) is 0 Å². The Morgan fingerprint density at radius 1 is 1.44 bits per heavy atom. The van der Waals surface area contributed by atoms with E-state index >= 15 is 0 Å². The quantitative estimate of drug-likeness (QED) is 0.807. The molecule has 1 atom stereocenters. The van der Waals surface area contributed by atoms with Gasteiger partial charge in [0.05, 0.1) is 6.61 Å². The van der Waals surface area contributed by atoms with E-state index in [1.54, 1.807) is 0 Å². The highest BCUT2D eigenvalue weighted by molar-refractivity contribution is 8.02. The number of piperazine rings is 1. The summed E-state index contributed by atoms with van der Waals surface area (Å²) in [6, 6.07) is 0. The molecular formula is C12H22N2OS. The zero-order chi connectivity index (χ0) is 11.4. The van der Waals surface area contributed by atoms with Crippen LogP contribution in [0.5, 0.6) is 0 Å². The van der Waals surface area contributed by atoms with E-state index in [0.29, 0.717) is 6.10 Å². The molecule has 1 saturated heterocycles. The Kier molecular flexibility index (Phi) is 4.70. The van der Waals surface area contributed by atoms with Gasteiger partial charge in [-0.3, -0.25) is 4.90 Å². The lowest BCUT2D eigenvalue weighted by Crippen LogP contribution is -2.47. The molecule has 0 amide bonds. The molecule has 1 fully saturated rings. The minimum absolute atomic E-state index is 0.321. The van der Waals surface area contributed by atoms with Crippen LogP contribution in [-0.4, -0.2) is 56.6 Å². The summed E-state index contributed by atoms with van der Waals surface area (Å²) < 4.78 is 5.91. The number of ether oxygens (including phenoxy) is 1. The zero-order valence-corrected chi connectivity index (χ0v) is 11.1. The Morgan fingerprint density at radius 2 is 2.19 bits per heavy atom. The van der Waals surface area contributed by atoms with Crippen molar-refractivity contribution >= 4 is 11.8 Å². The molecule has 92 valence electrons. The van der Waals surface area contributed by atoms with Crippen molar-refractivity contribution in [2.75, 3.05) is 45.6 Å². The Balaban J connectivity index is 1.94. The molecule has 4 heteroatoms. The van der Waals surface area contributed by atoms with Crippen molar-refractivity contribution in [1.29, 1.82) is 0 Å². The van der Waals surface area contributed by atoms with Gasteiger partial charge >= 0.3 is 0 Å². The van der Waals surface area contributed by atoms with Crippen LogP contribution in [-0.2, 0) is 4.74 Å². The van der Waals surface area contributed by atoms with Crippen molar-refractivity contribution in [3.05, 3.63) is 10.5 Å². The highest BCUT2D eigenvalue weighted by atomic mass is 32.2. The minimum atomic E-state index is 0.321. The largest absolute Gasteiger partial charge is 0.371 e. The second-order valence-electron chi connectivity index (χ2n) is 4.51. The lowest BCUT2D eigenvalue weighted by atomic mass is 10.1. The third-order valence-corrected chi connectivity index (χ3v) is 4.41. The van der Waals surface area contributed by atoms with E-state index in [1.165, 1.54) is 10.5 Å². The molecule has 2 rings (SSSR count). The molecule has 1 unspecified atom stereocenters. The van der Waals surface area contributed by atoms with Crippen LogP contribution in [0.4, 0.5) is 0 Å². The average Bonchev–Trinajstić information content (AvgIpc) is 2.31. The van der Waals surface area contributed by atoms with E-state index < -0.39 is 0 Å². The molecule has 0 saturated carbocycles. The van der Waals surface area contributed by atoms with Gasteiger partial charge in [0.25, 0.3) is 0 Å². The van der Waals surface area contributed by atoms with Crippen molar-refractivity contribution in [1.82, 2.24) is 10.2 Å². The fraction of sp³-hybridized carbons (Fsp3) is 0.833. The van der Waals surface area contributed by atoms with Gasteiger partial charge in [0.15, 0.2) is 0 Å². The van der Waals surface area contributed by atoms with Crippen LogP contribution in [0.2, 0.25) is 0 Å². The van der Waals surface area contributed by atoms with Crippen molar-refractivity contribution < 1.29 is 4.74 Å². The summed E-state index contributed by atoms with van der Waals surface area (Å²) in [5.41, 5.74) is 1.53. The van der Waals surface area contributed by atoms with E-state index in [4.69, 9.17) is 4.74 Å². The lowest BCUT2D eigenvalue weighted by molar-refractivity contribution is 0.0428. The average molecular weight is 242 g/mol. The first-order valence-electron chi connectivity index (χ1n) is 6.09. The molecule has 3 nitrogen and oxygen atoms in total. The second kappa shape index (κ2) is 6.05. The summed E-state index contributed by atoms with van der Waals surface area (Å²) in [5.74, 6) is 0. The molecule has 2 aliphatic heterocycles. The van der Waals surface area contributed by atoms with Crippen molar-refractivity contribution in [2.45, 2.75) is 19.4 Å². The van der Waals surface area contributed by atoms with Crippen molar-refractivity contribution in [2.24, 2.45) is 0 Å². The van der Waals surface area contributed by atoms with E-state index in [0.717, 1.165) is 45.8 Å². The lowest BCUT2D eigenvalue weighted by Gasteiger charge is -2.34. The number of nitrogens with one attached hydrogen (secondary N) is 1. The Morgan fingerprint density at radius 3 is 2.88 bits per heavy atom. The van der Waals surface area contributed by atoms with Crippen LogP contribution in [0, 0.1) is 0 Å². The molecule has 0 aromatic heterocycles. The first-order chi connectivity index (χ1) is 7.81. The highest BCUT2D eigenvalue weighted by Gasteiger charge is 2.24. The summed E-state index contributed by atoms with van der Waals surface area (Å²) in [5, 5.41) is 3.39. The van der Waals surface area contributed by atoms with Crippen LogP contribution < -0.4 is 5.32 Å². The van der Waals surface area contributed by atoms with E-state index in [2.05, 4.69) is 23.4 Å². The predicted octanol–water partition coefficient (Wildman–Crippen LogP) is 1.32. The fourth-order valence-corrected chi connectivity index (χ4v) is 3.25. The molecule has 2 heterocycles. The first kappa shape index (κ1) is 12.4. The van der Waals surface area contributed by atoms with Gasteiger partial charge in [-0.25, -0.2) is 0 Å². The Hall–Kier alpha value is -0.0300. The van der Waals surface area contributed by atoms with Crippen LogP contribution in [0.1, 0.15) is 13.3 Å². The highest BCUT2D eigenvalue weighted by Crippen LogP contribution is 2.29. The van der Waals surface area contributed by atoms with E-state index in [-0.39, 0.29) is 0 Å². The predicted molar refractivity (Wildman–Crippen MR) is 69.9 cm³/mol. The molecule has 2 aliphatic rings. The molecular weight excluding hydrogens is 220 g/mol. The van der Waals surface area contributed by atoms with Crippen LogP contribution in [0.3, 0.4) is 0 Å². The topological polar surface area (TPSA) is 24.5 Å². The van der Waals surface area contributed by atoms with Gasteiger partial charge < -0.3 is 10.1 Å². The summed E-state index contributed by atoms with van der Waals surface area (Å²) >= 11 is 1.86. The summed E-state index contributed by atoms with van der Waals surface area (Å²) in [6.45, 7) is 8.75. The van der Waals surface area contributed by atoms with Crippen LogP contribution >= 0.6 is 11.8 Å². The maximum atomic E-state index is 5.91. The maximum Gasteiger partial charge on any atom is 0.101 e. The standard InChI is InChI=1S/C12H22N2OS/c1-10-3-8-15-11(12(10)16-2)9-14-6-4-13-5-7-14/h11,13H,3-9H2,1-2H3. The molecule has 0 bridgehead atoms. The van der Waals surface area contributed by atoms with Crippen molar-refractivity contribution in [3.8, 4) is 0 Å². The third kappa shape index (κ3) is 3.00. The normalized spacial score (nSPS) is 28.5. The van der Waals surface area contributed by atoms with Crippen LogP contribution in [0.15, 0.2) is 10.5 Å². The molecule has 0 aliphatic carbocycles. The number of hydrogen-bond donors (Lipinski definition) is 1. The smallest absolute Gasteiger partial charge is 0.101 e. The van der Waals surface area contributed by atoms with Gasteiger partial charge in [-0.1, -0.05) is 5.57 Å². The molecule has 0 radical (unpaired) electrons. The van der Waals surface area contributed by atoms with Gasteiger partial charge in [0.2, 0.25) is 0 Å². The van der Waals surface area contributed by atoms with E-state index in [9.17, 15) is 0 Å². The molecule has 0 spiro atoms. The molecule has 0 aromatic carbocycles. The number of thioether (sulfide) groups is 1. The van der Waals surface area contributed by atoms with Gasteiger partial charge in [0.1, 0.15) is 6.10 Å². The second-order valence-corrected chi connectivity index (χ2v) is 5.36. The third-order valence-electron chi connectivity index (χ3n) is 3.36. The van der Waals surface area contributed by atoms with E-state index in [1.807, 2.05) is 11.8 Å². The Bertz CT molecular complexity index is 262. The SMILES string of the molecule is CSC1=C(C)CCOC1CN1CCNCC1. The fourth-order valence-electron chi connectivity index (χ4n) is 2.40. The first-order valence-corrected chi connectivity index (χ1v) is 7.32. The zero-order valence-electron chi connectivity index (χ0n) is 10.3. The Labute approximate surface area is 103 Å². The van der Waals surface area contributed by atoms with Gasteiger partial charge in [0, 0.05) is 37.6 Å². The summed E-state index contributed by atoms with van der Waals surface area (Å²) in [6.07, 6.45) is 3.59. The summed E-state index contributed by atoms with van der Waals surface area (Å²) in [7, 11) is 0.